The van der Waals surface area contributed by atoms with Crippen LogP contribution in [-0.2, 0) is 13.6 Å². The smallest absolute Gasteiger partial charge is 0.224 e. The van der Waals surface area contributed by atoms with Crippen LogP contribution < -0.4 is 10.1 Å². The van der Waals surface area contributed by atoms with Crippen LogP contribution in [0.15, 0.2) is 42.7 Å². The maximum absolute atomic E-state index is 5.86. The van der Waals surface area contributed by atoms with Crippen molar-refractivity contribution in [1.82, 2.24) is 20.1 Å². The summed E-state index contributed by atoms with van der Waals surface area (Å²) in [5.41, 5.74) is 1.95. The molecule has 5 heteroatoms. The van der Waals surface area contributed by atoms with Crippen LogP contribution in [-0.4, -0.2) is 21.8 Å². The summed E-state index contributed by atoms with van der Waals surface area (Å²) in [6.07, 6.45) is 3.50. The Kier molecular flexibility index (Phi) is 3.35. The Morgan fingerprint density at radius 1 is 1.30 bits per heavy atom. The second kappa shape index (κ2) is 5.30. The van der Waals surface area contributed by atoms with Crippen LogP contribution in [0, 0.1) is 0 Å². The molecule has 2 heterocycles. The third-order valence-corrected chi connectivity index (χ3v) is 3.03. The predicted molar refractivity (Wildman–Crippen MR) is 77.8 cm³/mol. The number of nitrogens with zero attached hydrogens (tertiary/aromatic N) is 3. The van der Waals surface area contributed by atoms with Crippen molar-refractivity contribution in [1.29, 1.82) is 0 Å². The zero-order valence-corrected chi connectivity index (χ0v) is 11.5. The Hall–Kier alpha value is -2.40. The van der Waals surface area contributed by atoms with E-state index in [-0.39, 0.29) is 0 Å². The molecule has 0 amide bonds. The van der Waals surface area contributed by atoms with E-state index in [2.05, 4.69) is 27.5 Å². The van der Waals surface area contributed by atoms with Crippen LogP contribution in [0.5, 0.6) is 11.6 Å². The number of hydrogen-bond donors (Lipinski definition) is 1. The van der Waals surface area contributed by atoms with Gasteiger partial charge in [0.05, 0.1) is 17.9 Å². The Balaban J connectivity index is 2.04. The van der Waals surface area contributed by atoms with E-state index in [0.717, 1.165) is 16.5 Å². The number of pyridine rings is 1. The van der Waals surface area contributed by atoms with Crippen LogP contribution in [0.25, 0.3) is 10.9 Å². The van der Waals surface area contributed by atoms with E-state index in [1.54, 1.807) is 10.9 Å². The molecule has 3 aromatic rings. The second-order valence-electron chi connectivity index (χ2n) is 4.63. The third kappa shape index (κ3) is 2.48. The van der Waals surface area contributed by atoms with E-state index in [0.29, 0.717) is 18.2 Å². The molecule has 0 aliphatic carbocycles. The maximum atomic E-state index is 5.86. The van der Waals surface area contributed by atoms with Crippen LogP contribution in [0.4, 0.5) is 0 Å². The average molecular weight is 268 g/mol. The molecule has 0 atom stereocenters. The van der Waals surface area contributed by atoms with Gasteiger partial charge in [-0.3, -0.25) is 4.68 Å². The lowest BCUT2D eigenvalue weighted by atomic mass is 10.1. The molecule has 5 nitrogen and oxygen atoms in total. The topological polar surface area (TPSA) is 52.0 Å². The molecule has 0 bridgehead atoms. The largest absolute Gasteiger partial charge is 0.435 e. The fourth-order valence-corrected chi connectivity index (χ4v) is 2.11. The lowest BCUT2D eigenvalue weighted by Gasteiger charge is -2.10. The summed E-state index contributed by atoms with van der Waals surface area (Å²) < 4.78 is 7.56. The van der Waals surface area contributed by atoms with Gasteiger partial charge in [0.2, 0.25) is 5.88 Å². The molecule has 3 rings (SSSR count). The first-order chi connectivity index (χ1) is 9.76. The van der Waals surface area contributed by atoms with Crippen molar-refractivity contribution in [3.05, 3.63) is 48.3 Å². The number of hydrogen-bond acceptors (Lipinski definition) is 4. The number of rotatable bonds is 4. The van der Waals surface area contributed by atoms with Gasteiger partial charge in [-0.05, 0) is 19.2 Å². The normalized spacial score (nSPS) is 10.9. The first-order valence-corrected chi connectivity index (χ1v) is 6.46. The van der Waals surface area contributed by atoms with Crippen LogP contribution in [0.2, 0.25) is 0 Å². The van der Waals surface area contributed by atoms with Gasteiger partial charge < -0.3 is 10.1 Å². The summed E-state index contributed by atoms with van der Waals surface area (Å²) in [5.74, 6) is 1.30. The van der Waals surface area contributed by atoms with E-state index in [1.165, 1.54) is 0 Å². The quantitative estimate of drug-likeness (QED) is 0.789. The number of aromatic nitrogens is 3. The van der Waals surface area contributed by atoms with E-state index in [9.17, 15) is 0 Å². The minimum atomic E-state index is 0.617. The van der Waals surface area contributed by atoms with Gasteiger partial charge in [0.1, 0.15) is 0 Å². The highest BCUT2D eigenvalue weighted by Gasteiger charge is 2.09. The fraction of sp³-hybridized carbons (Fsp3) is 0.200. The van der Waals surface area contributed by atoms with Gasteiger partial charge in [-0.2, -0.15) is 5.10 Å². The molecule has 20 heavy (non-hydrogen) atoms. The first-order valence-electron chi connectivity index (χ1n) is 6.46. The van der Waals surface area contributed by atoms with Crippen molar-refractivity contribution in [3.63, 3.8) is 0 Å². The zero-order chi connectivity index (χ0) is 13.9. The molecule has 2 aromatic heterocycles. The number of fused-ring (bicyclic) bond motifs is 1. The number of benzene rings is 1. The summed E-state index contributed by atoms with van der Waals surface area (Å²) in [5, 5.41) is 8.35. The van der Waals surface area contributed by atoms with Crippen LogP contribution in [0.1, 0.15) is 5.56 Å². The molecule has 0 spiro atoms. The number of para-hydroxylation sites is 1. The predicted octanol–water partition coefficient (Wildman–Crippen LogP) is 2.48. The van der Waals surface area contributed by atoms with Gasteiger partial charge in [-0.25, -0.2) is 4.98 Å². The molecule has 0 saturated heterocycles. The van der Waals surface area contributed by atoms with E-state index >= 15 is 0 Å². The Labute approximate surface area is 117 Å². The van der Waals surface area contributed by atoms with E-state index < -0.39 is 0 Å². The van der Waals surface area contributed by atoms with Crippen molar-refractivity contribution in [2.24, 2.45) is 7.05 Å². The minimum Gasteiger partial charge on any atom is -0.435 e. The molecule has 0 fully saturated rings. The highest BCUT2D eigenvalue weighted by Crippen LogP contribution is 2.26. The number of ether oxygens (including phenoxy) is 1. The average Bonchev–Trinajstić information content (AvgIpc) is 2.85. The van der Waals surface area contributed by atoms with Crippen LogP contribution >= 0.6 is 0 Å². The Morgan fingerprint density at radius 3 is 2.90 bits per heavy atom. The summed E-state index contributed by atoms with van der Waals surface area (Å²) in [7, 11) is 3.76. The van der Waals surface area contributed by atoms with Gasteiger partial charge in [0.15, 0.2) is 5.75 Å². The Morgan fingerprint density at radius 2 is 2.15 bits per heavy atom. The molecule has 0 unspecified atom stereocenters. The summed E-state index contributed by atoms with van der Waals surface area (Å²) >= 11 is 0. The molecular weight excluding hydrogens is 252 g/mol. The monoisotopic (exact) mass is 268 g/mol. The van der Waals surface area contributed by atoms with Gasteiger partial charge in [-0.1, -0.05) is 18.2 Å². The van der Waals surface area contributed by atoms with Crippen molar-refractivity contribution >= 4 is 10.9 Å². The Bertz CT molecular complexity index is 736. The molecule has 0 saturated carbocycles. The molecule has 102 valence electrons. The molecule has 0 aliphatic heterocycles. The second-order valence-corrected chi connectivity index (χ2v) is 4.63. The van der Waals surface area contributed by atoms with Gasteiger partial charge in [0, 0.05) is 24.5 Å². The van der Waals surface area contributed by atoms with Crippen molar-refractivity contribution < 1.29 is 4.74 Å². The maximum Gasteiger partial charge on any atom is 0.224 e. The summed E-state index contributed by atoms with van der Waals surface area (Å²) in [4.78, 5) is 4.60. The molecule has 1 aromatic carbocycles. The SMILES string of the molecule is CNCc1cc2ccccc2nc1Oc1cnn(C)c1. The van der Waals surface area contributed by atoms with Gasteiger partial charge in [-0.15, -0.1) is 0 Å². The lowest BCUT2D eigenvalue weighted by molar-refractivity contribution is 0.456. The van der Waals surface area contributed by atoms with E-state index in [4.69, 9.17) is 4.74 Å². The third-order valence-electron chi connectivity index (χ3n) is 3.03. The zero-order valence-electron chi connectivity index (χ0n) is 11.5. The number of nitrogens with one attached hydrogen (secondary N) is 1. The van der Waals surface area contributed by atoms with E-state index in [1.807, 2.05) is 38.5 Å². The highest BCUT2D eigenvalue weighted by molar-refractivity contribution is 5.80. The fourth-order valence-electron chi connectivity index (χ4n) is 2.11. The summed E-state index contributed by atoms with van der Waals surface area (Å²) in [6.45, 7) is 0.702. The van der Waals surface area contributed by atoms with Crippen molar-refractivity contribution in [3.8, 4) is 11.6 Å². The molecule has 0 aliphatic rings. The van der Waals surface area contributed by atoms with Gasteiger partial charge >= 0.3 is 0 Å². The lowest BCUT2D eigenvalue weighted by Crippen LogP contribution is -2.07. The van der Waals surface area contributed by atoms with Gasteiger partial charge in [0.25, 0.3) is 0 Å². The molecule has 0 radical (unpaired) electrons. The van der Waals surface area contributed by atoms with Crippen molar-refractivity contribution in [2.45, 2.75) is 6.54 Å². The molecule has 1 N–H and O–H groups in total. The standard InChI is InChI=1S/C15H16N4O/c1-16-8-12-7-11-5-3-4-6-14(11)18-15(12)20-13-9-17-19(2)10-13/h3-7,9-10,16H,8H2,1-2H3. The molecular formula is C15H16N4O. The van der Waals surface area contributed by atoms with Crippen molar-refractivity contribution in [2.75, 3.05) is 7.05 Å². The summed E-state index contributed by atoms with van der Waals surface area (Å²) in [6, 6.07) is 10.1. The first kappa shape index (κ1) is 12.6. The number of aryl methyl sites for hydroxylation is 1. The van der Waals surface area contributed by atoms with Crippen LogP contribution in [0.3, 0.4) is 0 Å². The highest BCUT2D eigenvalue weighted by atomic mass is 16.5. The minimum absolute atomic E-state index is 0.617.